The van der Waals surface area contributed by atoms with E-state index in [1.54, 1.807) is 0 Å². The van der Waals surface area contributed by atoms with Crippen molar-refractivity contribution >= 4 is 15.8 Å². The lowest BCUT2D eigenvalue weighted by Gasteiger charge is -2.22. The Morgan fingerprint density at radius 3 is 2.55 bits per heavy atom. The molecule has 0 amide bonds. The molecule has 0 fully saturated rings. The molecule has 1 atom stereocenters. The highest BCUT2D eigenvalue weighted by Crippen LogP contribution is 2.21. The summed E-state index contributed by atoms with van der Waals surface area (Å²) in [7, 11) is -3.75. The minimum atomic E-state index is -3.75. The van der Waals surface area contributed by atoms with E-state index in [0.717, 1.165) is 0 Å². The Kier molecular flexibility index (Phi) is 5.17. The molecule has 4 N–H and O–H groups in total. The number of aliphatic hydroxyl groups is 1. The Hall–Kier alpha value is -1.12. The van der Waals surface area contributed by atoms with Crippen LogP contribution >= 0.6 is 0 Å². The van der Waals surface area contributed by atoms with Crippen molar-refractivity contribution in [3.05, 3.63) is 6.20 Å². The zero-order chi connectivity index (χ0) is 15.6. The normalized spacial score (nSPS) is 14.4. The first kappa shape index (κ1) is 16.9. The molecule has 1 heterocycles. The molecule has 7 nitrogen and oxygen atoms in total. The Bertz CT molecular complexity index is 546. The van der Waals surface area contributed by atoms with E-state index in [-0.39, 0.29) is 22.7 Å². The molecule has 0 aromatic carbocycles. The van der Waals surface area contributed by atoms with Crippen LogP contribution in [0.25, 0.3) is 0 Å². The van der Waals surface area contributed by atoms with Gasteiger partial charge in [-0.2, -0.15) is 5.10 Å². The van der Waals surface area contributed by atoms with E-state index in [0.29, 0.717) is 13.0 Å². The summed E-state index contributed by atoms with van der Waals surface area (Å²) in [5.74, 6) is -0.0374. The highest BCUT2D eigenvalue weighted by Gasteiger charge is 2.23. The summed E-state index contributed by atoms with van der Waals surface area (Å²) in [5.41, 5.74) is 5.53. The van der Waals surface area contributed by atoms with Gasteiger partial charge in [-0.3, -0.25) is 4.68 Å². The van der Waals surface area contributed by atoms with Gasteiger partial charge in [0.25, 0.3) is 0 Å². The molecular weight excluding hydrogens is 280 g/mol. The Balaban J connectivity index is 2.73. The average Bonchev–Trinajstić information content (AvgIpc) is 2.67. The third kappa shape index (κ3) is 4.77. The molecule has 0 bridgehead atoms. The predicted octanol–water partition coefficient (Wildman–Crippen LogP) is 0.561. The lowest BCUT2D eigenvalue weighted by molar-refractivity contribution is 0.125. The third-order valence-electron chi connectivity index (χ3n) is 2.73. The van der Waals surface area contributed by atoms with Gasteiger partial charge >= 0.3 is 0 Å². The molecule has 20 heavy (non-hydrogen) atoms. The highest BCUT2D eigenvalue weighted by molar-refractivity contribution is 7.89. The van der Waals surface area contributed by atoms with Gasteiger partial charge in [0.1, 0.15) is 4.90 Å². The van der Waals surface area contributed by atoms with Gasteiger partial charge in [-0.25, -0.2) is 13.1 Å². The number of nitrogens with two attached hydrogens (primary N) is 1. The predicted molar refractivity (Wildman–Crippen MR) is 77.6 cm³/mol. The first-order valence-electron chi connectivity index (χ1n) is 6.56. The maximum atomic E-state index is 12.1. The van der Waals surface area contributed by atoms with E-state index in [1.165, 1.54) is 10.9 Å². The molecule has 1 aromatic rings. The molecule has 0 aliphatic carbocycles. The van der Waals surface area contributed by atoms with Crippen LogP contribution in [0.15, 0.2) is 11.1 Å². The second kappa shape index (κ2) is 6.11. The highest BCUT2D eigenvalue weighted by atomic mass is 32.2. The summed E-state index contributed by atoms with van der Waals surface area (Å²) in [4.78, 5) is -0.0534. The van der Waals surface area contributed by atoms with Crippen molar-refractivity contribution in [3.8, 4) is 0 Å². The molecule has 0 radical (unpaired) electrons. The number of aryl methyl sites for hydroxylation is 1. The second-order valence-electron chi connectivity index (χ2n) is 6.00. The number of hydrogen-bond acceptors (Lipinski definition) is 5. The SMILES string of the molecule is CCn1cc(S(=O)(=O)NCC(O)CC(C)(C)C)c(N)n1. The molecule has 0 spiro atoms. The first-order chi connectivity index (χ1) is 9.05. The number of aliphatic hydroxyl groups excluding tert-OH is 1. The van der Waals surface area contributed by atoms with Gasteiger partial charge in [0.2, 0.25) is 10.0 Å². The Morgan fingerprint density at radius 1 is 1.50 bits per heavy atom. The van der Waals surface area contributed by atoms with Gasteiger partial charge in [0, 0.05) is 19.3 Å². The summed E-state index contributed by atoms with van der Waals surface area (Å²) in [6.07, 6.45) is 1.14. The van der Waals surface area contributed by atoms with Crippen molar-refractivity contribution in [2.45, 2.75) is 51.7 Å². The molecule has 0 saturated carbocycles. The van der Waals surface area contributed by atoms with E-state index < -0.39 is 16.1 Å². The minimum Gasteiger partial charge on any atom is -0.392 e. The van der Waals surface area contributed by atoms with Gasteiger partial charge in [-0.05, 0) is 18.8 Å². The van der Waals surface area contributed by atoms with Crippen LogP contribution in [-0.4, -0.2) is 36.0 Å². The first-order valence-corrected chi connectivity index (χ1v) is 8.04. The monoisotopic (exact) mass is 304 g/mol. The average molecular weight is 304 g/mol. The van der Waals surface area contributed by atoms with E-state index in [9.17, 15) is 13.5 Å². The van der Waals surface area contributed by atoms with Gasteiger partial charge in [-0.15, -0.1) is 0 Å². The fraction of sp³-hybridized carbons (Fsp3) is 0.750. The third-order valence-corrected chi connectivity index (χ3v) is 4.17. The quantitative estimate of drug-likeness (QED) is 0.711. The summed E-state index contributed by atoms with van der Waals surface area (Å²) in [6, 6.07) is 0. The molecule has 0 aliphatic heterocycles. The van der Waals surface area contributed by atoms with Crippen molar-refractivity contribution in [1.29, 1.82) is 0 Å². The smallest absolute Gasteiger partial charge is 0.245 e. The van der Waals surface area contributed by atoms with Crippen LogP contribution in [0.5, 0.6) is 0 Å². The number of sulfonamides is 1. The maximum absolute atomic E-state index is 12.1. The number of nitrogens with zero attached hydrogens (tertiary/aromatic N) is 2. The number of nitrogen functional groups attached to an aromatic ring is 1. The van der Waals surface area contributed by atoms with Crippen molar-refractivity contribution < 1.29 is 13.5 Å². The minimum absolute atomic E-state index is 0.0374. The van der Waals surface area contributed by atoms with Crippen LogP contribution in [0.1, 0.15) is 34.1 Å². The molecule has 1 rings (SSSR count). The second-order valence-corrected chi connectivity index (χ2v) is 7.74. The van der Waals surface area contributed by atoms with Crippen molar-refractivity contribution in [2.75, 3.05) is 12.3 Å². The largest absolute Gasteiger partial charge is 0.392 e. The molecule has 1 aromatic heterocycles. The molecule has 0 saturated heterocycles. The summed E-state index contributed by atoms with van der Waals surface area (Å²) in [5, 5.41) is 13.7. The van der Waals surface area contributed by atoms with Crippen molar-refractivity contribution in [1.82, 2.24) is 14.5 Å². The van der Waals surface area contributed by atoms with Crippen LogP contribution in [0.2, 0.25) is 0 Å². The van der Waals surface area contributed by atoms with Crippen LogP contribution in [0.3, 0.4) is 0 Å². The van der Waals surface area contributed by atoms with Gasteiger partial charge in [0.05, 0.1) is 6.10 Å². The van der Waals surface area contributed by atoms with Crippen LogP contribution in [0.4, 0.5) is 5.82 Å². The molecule has 0 aliphatic rings. The molecule has 116 valence electrons. The molecule has 1 unspecified atom stereocenters. The van der Waals surface area contributed by atoms with E-state index >= 15 is 0 Å². The number of aromatic nitrogens is 2. The zero-order valence-electron chi connectivity index (χ0n) is 12.4. The fourth-order valence-corrected chi connectivity index (χ4v) is 2.99. The van der Waals surface area contributed by atoms with Gasteiger partial charge in [0.15, 0.2) is 5.82 Å². The lowest BCUT2D eigenvalue weighted by Crippen LogP contribution is -2.34. The van der Waals surface area contributed by atoms with Gasteiger partial charge in [-0.1, -0.05) is 20.8 Å². The number of hydrogen-bond donors (Lipinski definition) is 3. The maximum Gasteiger partial charge on any atom is 0.245 e. The molecule has 8 heteroatoms. The fourth-order valence-electron chi connectivity index (χ4n) is 1.85. The summed E-state index contributed by atoms with van der Waals surface area (Å²) < 4.78 is 28.0. The number of anilines is 1. The van der Waals surface area contributed by atoms with E-state index in [2.05, 4.69) is 9.82 Å². The van der Waals surface area contributed by atoms with Crippen LogP contribution < -0.4 is 10.5 Å². The summed E-state index contributed by atoms with van der Waals surface area (Å²) >= 11 is 0. The number of rotatable bonds is 6. The summed E-state index contributed by atoms with van der Waals surface area (Å²) in [6.45, 7) is 8.27. The zero-order valence-corrected chi connectivity index (χ0v) is 13.2. The number of nitrogens with one attached hydrogen (secondary N) is 1. The standard InChI is InChI=1S/C12H24N4O3S/c1-5-16-8-10(11(13)15-16)20(18,19)14-7-9(17)6-12(2,3)4/h8-9,14,17H,5-7H2,1-4H3,(H2,13,15). The van der Waals surface area contributed by atoms with Crippen molar-refractivity contribution in [2.24, 2.45) is 5.41 Å². The molecular formula is C12H24N4O3S. The lowest BCUT2D eigenvalue weighted by atomic mass is 9.89. The van der Waals surface area contributed by atoms with E-state index in [4.69, 9.17) is 5.73 Å². The van der Waals surface area contributed by atoms with Crippen molar-refractivity contribution in [3.63, 3.8) is 0 Å². The Morgan fingerprint density at radius 2 is 2.10 bits per heavy atom. The van der Waals surface area contributed by atoms with Crippen LogP contribution in [-0.2, 0) is 16.6 Å². The van der Waals surface area contributed by atoms with Gasteiger partial charge < -0.3 is 10.8 Å². The topological polar surface area (TPSA) is 110 Å². The Labute approximate surface area is 120 Å². The van der Waals surface area contributed by atoms with Crippen LogP contribution in [0, 0.1) is 5.41 Å². The van der Waals surface area contributed by atoms with E-state index in [1.807, 2.05) is 27.7 Å².